The maximum absolute atomic E-state index is 6.23. The van der Waals surface area contributed by atoms with Gasteiger partial charge in [0.1, 0.15) is 0 Å². The zero-order valence-electron chi connectivity index (χ0n) is 10.0. The largest absolute Gasteiger partial charge is 0.368 e. The van der Waals surface area contributed by atoms with Gasteiger partial charge in [0.15, 0.2) is 0 Å². The fourth-order valence-electron chi connectivity index (χ4n) is 2.16. The van der Waals surface area contributed by atoms with Gasteiger partial charge in [-0.15, -0.1) is 0 Å². The molecule has 2 aromatic rings. The van der Waals surface area contributed by atoms with Gasteiger partial charge in [-0.25, -0.2) is 9.97 Å². The van der Waals surface area contributed by atoms with Crippen LogP contribution in [0.25, 0.3) is 11.1 Å². The first kappa shape index (κ1) is 11.1. The molecule has 0 unspecified atom stereocenters. The highest BCUT2D eigenvalue weighted by Crippen LogP contribution is 2.37. The molecule has 3 rings (SSSR count). The van der Waals surface area contributed by atoms with Crippen LogP contribution in [0.1, 0.15) is 25.0 Å². The number of rotatable bonds is 2. The van der Waals surface area contributed by atoms with Crippen LogP contribution in [-0.2, 0) is 5.54 Å². The lowest BCUT2D eigenvalue weighted by Crippen LogP contribution is -2.43. The second-order valence-electron chi connectivity index (χ2n) is 4.77. The van der Waals surface area contributed by atoms with Crippen LogP contribution in [-0.4, -0.2) is 15.0 Å². The third kappa shape index (κ3) is 1.82. The first-order valence-electron chi connectivity index (χ1n) is 6.01. The Balaban J connectivity index is 1.89. The van der Waals surface area contributed by atoms with Crippen LogP contribution in [0.15, 0.2) is 30.7 Å². The lowest BCUT2D eigenvalue weighted by Gasteiger charge is -2.37. The van der Waals surface area contributed by atoms with E-state index in [-0.39, 0.29) is 11.5 Å². The number of hydrogen-bond acceptors (Lipinski definition) is 5. The Morgan fingerprint density at radius 1 is 0.944 bits per heavy atom. The number of aromatic nitrogens is 3. The summed E-state index contributed by atoms with van der Waals surface area (Å²) >= 11 is 0. The van der Waals surface area contributed by atoms with Crippen molar-refractivity contribution >= 4 is 5.95 Å². The van der Waals surface area contributed by atoms with Crippen LogP contribution in [0.4, 0.5) is 5.95 Å². The van der Waals surface area contributed by atoms with Crippen molar-refractivity contribution in [2.75, 3.05) is 5.73 Å². The Labute approximate surface area is 105 Å². The average Bonchev–Trinajstić information content (AvgIpc) is 2.37. The minimum Gasteiger partial charge on any atom is -0.368 e. The van der Waals surface area contributed by atoms with Crippen molar-refractivity contribution in [3.63, 3.8) is 0 Å². The van der Waals surface area contributed by atoms with Crippen molar-refractivity contribution in [1.82, 2.24) is 15.0 Å². The quantitative estimate of drug-likeness (QED) is 0.830. The van der Waals surface area contributed by atoms with Gasteiger partial charge in [0.2, 0.25) is 5.95 Å². The Bertz CT molecular complexity index is 543. The monoisotopic (exact) mass is 241 g/mol. The number of anilines is 1. The van der Waals surface area contributed by atoms with Gasteiger partial charge < -0.3 is 11.5 Å². The Hall–Kier alpha value is -2.01. The highest BCUT2D eigenvalue weighted by atomic mass is 15.0. The van der Waals surface area contributed by atoms with Crippen LogP contribution < -0.4 is 11.5 Å². The van der Waals surface area contributed by atoms with Gasteiger partial charge in [0.05, 0.1) is 11.2 Å². The summed E-state index contributed by atoms with van der Waals surface area (Å²) in [6, 6.07) is 4.00. The van der Waals surface area contributed by atoms with Crippen LogP contribution in [0.5, 0.6) is 0 Å². The van der Waals surface area contributed by atoms with Crippen LogP contribution in [0, 0.1) is 0 Å². The molecule has 2 aromatic heterocycles. The molecule has 2 heterocycles. The molecule has 4 N–H and O–H groups in total. The SMILES string of the molecule is Nc1ncc(-c2ccc(C3(N)CCC3)nc2)cn1. The second-order valence-corrected chi connectivity index (χ2v) is 4.77. The second kappa shape index (κ2) is 4.03. The van der Waals surface area contributed by atoms with Crippen molar-refractivity contribution < 1.29 is 0 Å². The fourth-order valence-corrected chi connectivity index (χ4v) is 2.16. The van der Waals surface area contributed by atoms with E-state index in [9.17, 15) is 0 Å². The molecule has 0 bridgehead atoms. The number of pyridine rings is 1. The molecular formula is C13H15N5. The Morgan fingerprint density at radius 2 is 1.61 bits per heavy atom. The predicted molar refractivity (Wildman–Crippen MR) is 69.4 cm³/mol. The number of nitrogen functional groups attached to an aromatic ring is 1. The zero-order valence-corrected chi connectivity index (χ0v) is 10.0. The Kier molecular flexibility index (Phi) is 2.48. The summed E-state index contributed by atoms with van der Waals surface area (Å²) in [6.07, 6.45) is 8.43. The molecule has 5 nitrogen and oxygen atoms in total. The summed E-state index contributed by atoms with van der Waals surface area (Å²) in [6.45, 7) is 0. The Morgan fingerprint density at radius 3 is 2.11 bits per heavy atom. The van der Waals surface area contributed by atoms with E-state index in [1.165, 1.54) is 6.42 Å². The van der Waals surface area contributed by atoms with E-state index in [1.54, 1.807) is 12.4 Å². The standard InChI is InChI=1S/C13H15N5/c14-12-17-7-10(8-18-12)9-2-3-11(16-6-9)13(15)4-1-5-13/h2-3,6-8H,1,4-5,15H2,(H2,14,17,18). The first-order valence-corrected chi connectivity index (χ1v) is 6.01. The number of nitrogens with two attached hydrogens (primary N) is 2. The van der Waals surface area contributed by atoms with E-state index in [0.29, 0.717) is 0 Å². The van der Waals surface area contributed by atoms with Crippen LogP contribution in [0.3, 0.4) is 0 Å². The van der Waals surface area contributed by atoms with Gasteiger partial charge >= 0.3 is 0 Å². The van der Waals surface area contributed by atoms with E-state index >= 15 is 0 Å². The molecule has 1 fully saturated rings. The molecule has 0 radical (unpaired) electrons. The molecule has 0 aliphatic heterocycles. The van der Waals surface area contributed by atoms with Crippen molar-refractivity contribution in [3.8, 4) is 11.1 Å². The molecule has 1 saturated carbocycles. The lowest BCUT2D eigenvalue weighted by atomic mass is 9.75. The topological polar surface area (TPSA) is 90.7 Å². The van der Waals surface area contributed by atoms with Gasteiger partial charge in [0, 0.05) is 29.7 Å². The van der Waals surface area contributed by atoms with E-state index in [2.05, 4.69) is 15.0 Å². The van der Waals surface area contributed by atoms with E-state index < -0.39 is 0 Å². The third-order valence-electron chi connectivity index (χ3n) is 3.52. The number of nitrogens with zero attached hydrogens (tertiary/aromatic N) is 3. The molecule has 0 amide bonds. The summed E-state index contributed by atoms with van der Waals surface area (Å²) < 4.78 is 0. The number of hydrogen-bond donors (Lipinski definition) is 2. The van der Waals surface area contributed by atoms with Gasteiger partial charge in [-0.2, -0.15) is 0 Å². The molecule has 92 valence electrons. The molecule has 0 aromatic carbocycles. The maximum atomic E-state index is 6.23. The molecule has 0 saturated heterocycles. The van der Waals surface area contributed by atoms with Gasteiger partial charge in [-0.1, -0.05) is 6.07 Å². The molecule has 18 heavy (non-hydrogen) atoms. The van der Waals surface area contributed by atoms with Gasteiger partial charge in [-0.3, -0.25) is 4.98 Å². The molecule has 0 atom stereocenters. The molecule has 1 aliphatic rings. The van der Waals surface area contributed by atoms with Crippen LogP contribution >= 0.6 is 0 Å². The van der Waals surface area contributed by atoms with E-state index in [1.807, 2.05) is 18.3 Å². The highest BCUT2D eigenvalue weighted by molar-refractivity contribution is 5.60. The average molecular weight is 241 g/mol. The summed E-state index contributed by atoms with van der Waals surface area (Å²) in [7, 11) is 0. The summed E-state index contributed by atoms with van der Waals surface area (Å²) in [5, 5.41) is 0. The summed E-state index contributed by atoms with van der Waals surface area (Å²) in [5.41, 5.74) is 14.3. The lowest BCUT2D eigenvalue weighted by molar-refractivity contribution is 0.246. The summed E-state index contributed by atoms with van der Waals surface area (Å²) in [5.74, 6) is 0.277. The summed E-state index contributed by atoms with van der Waals surface area (Å²) in [4.78, 5) is 12.4. The van der Waals surface area contributed by atoms with Gasteiger partial charge in [-0.05, 0) is 25.3 Å². The minimum absolute atomic E-state index is 0.212. The van der Waals surface area contributed by atoms with Gasteiger partial charge in [0.25, 0.3) is 0 Å². The molecule has 1 aliphatic carbocycles. The minimum atomic E-state index is -0.212. The van der Waals surface area contributed by atoms with Crippen LogP contribution in [0.2, 0.25) is 0 Å². The van der Waals surface area contributed by atoms with Crippen molar-refractivity contribution in [3.05, 3.63) is 36.4 Å². The highest BCUT2D eigenvalue weighted by Gasteiger charge is 2.35. The third-order valence-corrected chi connectivity index (χ3v) is 3.52. The van der Waals surface area contributed by atoms with E-state index in [0.717, 1.165) is 29.7 Å². The first-order chi connectivity index (χ1) is 8.67. The smallest absolute Gasteiger partial charge is 0.219 e. The molecule has 5 heteroatoms. The van der Waals surface area contributed by atoms with Crippen molar-refractivity contribution in [2.24, 2.45) is 5.73 Å². The normalized spacial score (nSPS) is 17.2. The van der Waals surface area contributed by atoms with Crippen molar-refractivity contribution in [1.29, 1.82) is 0 Å². The fraction of sp³-hybridized carbons (Fsp3) is 0.308. The predicted octanol–water partition coefficient (Wildman–Crippen LogP) is 1.46. The zero-order chi connectivity index (χ0) is 12.6. The molecule has 0 spiro atoms. The van der Waals surface area contributed by atoms with Crippen molar-refractivity contribution in [2.45, 2.75) is 24.8 Å². The van der Waals surface area contributed by atoms with E-state index in [4.69, 9.17) is 11.5 Å². The maximum Gasteiger partial charge on any atom is 0.219 e. The molecular weight excluding hydrogens is 226 g/mol.